The van der Waals surface area contributed by atoms with E-state index in [4.69, 9.17) is 4.74 Å². The summed E-state index contributed by atoms with van der Waals surface area (Å²) >= 11 is 1.66. The fourth-order valence-corrected chi connectivity index (χ4v) is 3.77. The second kappa shape index (κ2) is 6.02. The highest BCUT2D eigenvalue weighted by molar-refractivity contribution is 7.17. The number of thiophene rings is 1. The monoisotopic (exact) mass is 311 g/mol. The normalized spacial score (nSPS) is 17.9. The number of fused-ring (bicyclic) bond motifs is 1. The van der Waals surface area contributed by atoms with Crippen molar-refractivity contribution in [1.29, 1.82) is 0 Å². The van der Waals surface area contributed by atoms with E-state index < -0.39 is 0 Å². The Kier molecular flexibility index (Phi) is 3.74. The van der Waals surface area contributed by atoms with E-state index in [0.717, 1.165) is 42.0 Å². The number of nitrogens with one attached hydrogen (secondary N) is 1. The van der Waals surface area contributed by atoms with E-state index in [1.807, 2.05) is 6.07 Å². The van der Waals surface area contributed by atoms with Crippen LogP contribution in [0.5, 0.6) is 0 Å². The average Bonchev–Trinajstić information content (AvgIpc) is 3.23. The maximum absolute atomic E-state index is 5.68. The number of anilines is 1. The molecule has 1 aromatic carbocycles. The SMILES string of the molecule is c1ccc(-c2csc3ncnc(NC[C@H]4CCCO4)c23)cc1. The summed E-state index contributed by atoms with van der Waals surface area (Å²) in [4.78, 5) is 9.88. The van der Waals surface area contributed by atoms with Crippen molar-refractivity contribution >= 4 is 27.4 Å². The number of aromatic nitrogens is 2. The van der Waals surface area contributed by atoms with Gasteiger partial charge in [0.25, 0.3) is 0 Å². The molecule has 112 valence electrons. The molecule has 0 spiro atoms. The fourth-order valence-electron chi connectivity index (χ4n) is 2.86. The molecular weight excluding hydrogens is 294 g/mol. The fraction of sp³-hybridized carbons (Fsp3) is 0.294. The number of ether oxygens (including phenoxy) is 1. The van der Waals surface area contributed by atoms with Gasteiger partial charge in [0, 0.05) is 24.1 Å². The molecule has 0 saturated carbocycles. The lowest BCUT2D eigenvalue weighted by Gasteiger charge is -2.12. The van der Waals surface area contributed by atoms with Gasteiger partial charge < -0.3 is 10.1 Å². The zero-order valence-electron chi connectivity index (χ0n) is 12.2. The molecule has 1 aliphatic heterocycles. The third-order valence-corrected chi connectivity index (χ3v) is 4.86. The standard InChI is InChI=1S/C17H17N3OS/c1-2-5-12(6-3-1)14-10-22-17-15(14)16(19-11-20-17)18-9-13-7-4-8-21-13/h1-3,5-6,10-11,13H,4,7-9H2,(H,18,19,20)/t13-/m1/s1. The Labute approximate surface area is 133 Å². The van der Waals surface area contributed by atoms with E-state index in [0.29, 0.717) is 6.10 Å². The first kappa shape index (κ1) is 13.7. The summed E-state index contributed by atoms with van der Waals surface area (Å²) in [6.07, 6.45) is 4.20. The van der Waals surface area contributed by atoms with Gasteiger partial charge in [0.15, 0.2) is 0 Å². The number of hydrogen-bond acceptors (Lipinski definition) is 5. The van der Waals surface area contributed by atoms with Gasteiger partial charge in [-0.1, -0.05) is 30.3 Å². The summed E-state index contributed by atoms with van der Waals surface area (Å²) in [5.74, 6) is 0.903. The highest BCUT2D eigenvalue weighted by atomic mass is 32.1. The van der Waals surface area contributed by atoms with Crippen molar-refractivity contribution in [2.24, 2.45) is 0 Å². The van der Waals surface area contributed by atoms with Crippen molar-refractivity contribution in [3.05, 3.63) is 42.0 Å². The Morgan fingerprint density at radius 1 is 1.23 bits per heavy atom. The predicted molar refractivity (Wildman–Crippen MR) is 90.3 cm³/mol. The number of hydrogen-bond donors (Lipinski definition) is 1. The Morgan fingerprint density at radius 3 is 2.95 bits per heavy atom. The lowest BCUT2D eigenvalue weighted by atomic mass is 10.1. The molecule has 1 N–H and O–H groups in total. The summed E-state index contributed by atoms with van der Waals surface area (Å²) in [6, 6.07) is 10.4. The Balaban J connectivity index is 1.70. The van der Waals surface area contributed by atoms with Gasteiger partial charge in [-0.25, -0.2) is 9.97 Å². The molecule has 0 radical (unpaired) electrons. The zero-order valence-corrected chi connectivity index (χ0v) is 13.0. The molecule has 0 amide bonds. The van der Waals surface area contributed by atoms with Gasteiger partial charge in [-0.05, 0) is 18.4 Å². The van der Waals surface area contributed by atoms with Crippen LogP contribution in [0.3, 0.4) is 0 Å². The second-order valence-corrected chi connectivity index (χ2v) is 6.29. The molecule has 4 nitrogen and oxygen atoms in total. The molecule has 0 unspecified atom stereocenters. The van der Waals surface area contributed by atoms with Crippen LogP contribution >= 0.6 is 11.3 Å². The molecular formula is C17H17N3OS. The lowest BCUT2D eigenvalue weighted by Crippen LogP contribution is -2.19. The van der Waals surface area contributed by atoms with Gasteiger partial charge in [-0.2, -0.15) is 0 Å². The first-order valence-electron chi connectivity index (χ1n) is 7.55. The average molecular weight is 311 g/mol. The molecule has 1 saturated heterocycles. The van der Waals surface area contributed by atoms with Crippen molar-refractivity contribution in [3.8, 4) is 11.1 Å². The van der Waals surface area contributed by atoms with E-state index >= 15 is 0 Å². The Hall–Kier alpha value is -1.98. The van der Waals surface area contributed by atoms with Crippen LogP contribution in [-0.4, -0.2) is 29.2 Å². The van der Waals surface area contributed by atoms with Crippen LogP contribution in [0.1, 0.15) is 12.8 Å². The molecule has 22 heavy (non-hydrogen) atoms. The molecule has 1 atom stereocenters. The van der Waals surface area contributed by atoms with E-state index in [-0.39, 0.29) is 0 Å². The zero-order chi connectivity index (χ0) is 14.8. The molecule has 3 aromatic rings. The third-order valence-electron chi connectivity index (χ3n) is 3.98. The van der Waals surface area contributed by atoms with Crippen molar-refractivity contribution < 1.29 is 4.74 Å². The van der Waals surface area contributed by atoms with Crippen LogP contribution < -0.4 is 5.32 Å². The molecule has 0 aliphatic carbocycles. The van der Waals surface area contributed by atoms with Crippen LogP contribution in [0.4, 0.5) is 5.82 Å². The first-order valence-corrected chi connectivity index (χ1v) is 8.43. The summed E-state index contributed by atoms with van der Waals surface area (Å²) in [5, 5.41) is 6.72. The number of rotatable bonds is 4. The minimum atomic E-state index is 0.295. The Morgan fingerprint density at radius 2 is 2.14 bits per heavy atom. The van der Waals surface area contributed by atoms with Crippen LogP contribution in [-0.2, 0) is 4.74 Å². The molecule has 2 aromatic heterocycles. The van der Waals surface area contributed by atoms with Crippen LogP contribution in [0.25, 0.3) is 21.3 Å². The minimum absolute atomic E-state index is 0.295. The topological polar surface area (TPSA) is 47.0 Å². The summed E-state index contributed by atoms with van der Waals surface area (Å²) in [7, 11) is 0. The molecule has 4 rings (SSSR count). The van der Waals surface area contributed by atoms with Crippen LogP contribution in [0.2, 0.25) is 0 Å². The van der Waals surface area contributed by atoms with E-state index in [1.54, 1.807) is 17.7 Å². The maximum Gasteiger partial charge on any atom is 0.138 e. The summed E-state index contributed by atoms with van der Waals surface area (Å²) in [6.45, 7) is 1.68. The smallest absolute Gasteiger partial charge is 0.138 e. The van der Waals surface area contributed by atoms with Gasteiger partial charge >= 0.3 is 0 Å². The van der Waals surface area contributed by atoms with Crippen molar-refractivity contribution in [2.45, 2.75) is 18.9 Å². The quantitative estimate of drug-likeness (QED) is 0.792. The van der Waals surface area contributed by atoms with Crippen LogP contribution in [0, 0.1) is 0 Å². The number of benzene rings is 1. The number of nitrogens with zero attached hydrogens (tertiary/aromatic N) is 2. The maximum atomic E-state index is 5.68. The largest absolute Gasteiger partial charge is 0.376 e. The molecule has 1 aliphatic rings. The Bertz CT molecular complexity index is 766. The van der Waals surface area contributed by atoms with Gasteiger partial charge in [0.2, 0.25) is 0 Å². The lowest BCUT2D eigenvalue weighted by molar-refractivity contribution is 0.120. The van der Waals surface area contributed by atoms with Gasteiger partial charge in [-0.3, -0.25) is 0 Å². The van der Waals surface area contributed by atoms with Crippen molar-refractivity contribution in [2.75, 3.05) is 18.5 Å². The van der Waals surface area contributed by atoms with Crippen molar-refractivity contribution in [3.63, 3.8) is 0 Å². The molecule has 0 bridgehead atoms. The van der Waals surface area contributed by atoms with Gasteiger partial charge in [0.1, 0.15) is 17.0 Å². The molecule has 3 heterocycles. The summed E-state index contributed by atoms with van der Waals surface area (Å²) in [5.41, 5.74) is 2.39. The highest BCUT2D eigenvalue weighted by Crippen LogP contribution is 2.36. The predicted octanol–water partition coefficient (Wildman–Crippen LogP) is 3.95. The molecule has 5 heteroatoms. The van der Waals surface area contributed by atoms with Crippen molar-refractivity contribution in [1.82, 2.24) is 9.97 Å². The van der Waals surface area contributed by atoms with Gasteiger partial charge in [0.05, 0.1) is 11.5 Å². The summed E-state index contributed by atoms with van der Waals surface area (Å²) < 4.78 is 5.68. The van der Waals surface area contributed by atoms with E-state index in [9.17, 15) is 0 Å². The first-order chi connectivity index (χ1) is 10.9. The van der Waals surface area contributed by atoms with Crippen LogP contribution in [0.15, 0.2) is 42.0 Å². The third kappa shape index (κ3) is 2.58. The second-order valence-electron chi connectivity index (χ2n) is 5.43. The minimum Gasteiger partial charge on any atom is -0.376 e. The van der Waals surface area contributed by atoms with Gasteiger partial charge in [-0.15, -0.1) is 11.3 Å². The van der Waals surface area contributed by atoms with E-state index in [2.05, 4.69) is 44.9 Å². The van der Waals surface area contributed by atoms with E-state index in [1.165, 1.54) is 11.1 Å². The highest BCUT2D eigenvalue weighted by Gasteiger charge is 2.17. The molecule has 1 fully saturated rings.